The normalized spacial score (nSPS) is 17.0. The Balaban J connectivity index is 1.17. The molecule has 0 bridgehead atoms. The van der Waals surface area contributed by atoms with E-state index in [-0.39, 0.29) is 17.7 Å². The largest absolute Gasteiger partial charge is 0.368 e. The summed E-state index contributed by atoms with van der Waals surface area (Å²) in [6.07, 6.45) is 4.46. The number of amides is 3. The molecule has 3 heterocycles. The second-order valence-corrected chi connectivity index (χ2v) is 11.9. The molecule has 0 radical (unpaired) electrons. The molecule has 226 valence electrons. The van der Waals surface area contributed by atoms with Gasteiger partial charge in [-0.05, 0) is 68.5 Å². The van der Waals surface area contributed by atoms with Gasteiger partial charge in [-0.15, -0.1) is 0 Å². The zero-order valence-corrected chi connectivity index (χ0v) is 25.1. The lowest BCUT2D eigenvalue weighted by Gasteiger charge is -2.38. The van der Waals surface area contributed by atoms with Gasteiger partial charge >= 0.3 is 0 Å². The number of carbonyl (C=O) groups excluding carboxylic acids is 3. The van der Waals surface area contributed by atoms with Crippen LogP contribution in [-0.2, 0) is 11.8 Å². The summed E-state index contributed by atoms with van der Waals surface area (Å²) >= 11 is 0. The van der Waals surface area contributed by atoms with E-state index < -0.39 is 0 Å². The van der Waals surface area contributed by atoms with Gasteiger partial charge in [-0.3, -0.25) is 19.1 Å². The number of nitrogens with zero attached hydrogens (tertiary/aromatic N) is 5. The molecule has 1 saturated carbocycles. The Morgan fingerprint density at radius 1 is 0.930 bits per heavy atom. The highest BCUT2D eigenvalue weighted by molar-refractivity contribution is 6.06. The lowest BCUT2D eigenvalue weighted by Crippen LogP contribution is -2.47. The van der Waals surface area contributed by atoms with E-state index in [4.69, 9.17) is 0 Å². The molecule has 3 aromatic rings. The molecule has 2 aromatic carbocycles. The molecule has 2 aliphatic heterocycles. The number of hydrogen-bond acceptors (Lipinski definition) is 6. The third-order valence-corrected chi connectivity index (χ3v) is 8.77. The standard InChI is InChI=1S/C33H41N7O3/c1-23-7-3-4-8-28(23)38-17-19-39(20-18-38)29-13-12-25(32(42)34-14-6-16-40-15-5-9-31(40)41)21-27(29)35-33(43)30-22-26(24-10-11-24)36-37(30)2/h3-4,7-8,12-13,21-22,24H,5-6,9-11,14-20H2,1-2H3,(H,34,42)(H,35,43). The lowest BCUT2D eigenvalue weighted by atomic mass is 10.1. The first-order valence-corrected chi connectivity index (χ1v) is 15.5. The van der Waals surface area contributed by atoms with Gasteiger partial charge < -0.3 is 25.3 Å². The molecule has 3 amide bonds. The molecule has 43 heavy (non-hydrogen) atoms. The molecule has 2 N–H and O–H groups in total. The van der Waals surface area contributed by atoms with Gasteiger partial charge in [-0.25, -0.2) is 0 Å². The van der Waals surface area contributed by atoms with Crippen LogP contribution in [0.2, 0.25) is 0 Å². The Morgan fingerprint density at radius 3 is 2.37 bits per heavy atom. The first-order valence-electron chi connectivity index (χ1n) is 15.5. The van der Waals surface area contributed by atoms with Crippen LogP contribution in [0.15, 0.2) is 48.5 Å². The molecule has 2 saturated heterocycles. The van der Waals surface area contributed by atoms with Crippen LogP contribution < -0.4 is 20.4 Å². The van der Waals surface area contributed by atoms with Crippen molar-refractivity contribution >= 4 is 34.8 Å². The van der Waals surface area contributed by atoms with Crippen LogP contribution in [0.3, 0.4) is 0 Å². The lowest BCUT2D eigenvalue weighted by molar-refractivity contribution is -0.127. The van der Waals surface area contributed by atoms with Gasteiger partial charge in [0.25, 0.3) is 11.8 Å². The zero-order valence-electron chi connectivity index (χ0n) is 25.1. The summed E-state index contributed by atoms with van der Waals surface area (Å²) in [6.45, 7) is 7.35. The van der Waals surface area contributed by atoms with Crippen molar-refractivity contribution in [2.75, 3.05) is 60.9 Å². The fourth-order valence-electron chi connectivity index (χ4n) is 6.14. The molecule has 0 spiro atoms. The molecule has 0 unspecified atom stereocenters. The molecular formula is C33H41N7O3. The smallest absolute Gasteiger partial charge is 0.273 e. The van der Waals surface area contributed by atoms with Crippen molar-refractivity contribution in [3.63, 3.8) is 0 Å². The number of para-hydroxylation sites is 1. The van der Waals surface area contributed by atoms with Crippen molar-refractivity contribution in [2.45, 2.75) is 44.9 Å². The fraction of sp³-hybridized carbons (Fsp3) is 0.455. The molecule has 1 aromatic heterocycles. The van der Waals surface area contributed by atoms with Crippen molar-refractivity contribution in [1.82, 2.24) is 20.0 Å². The van der Waals surface area contributed by atoms with E-state index >= 15 is 0 Å². The Hall–Kier alpha value is -4.34. The van der Waals surface area contributed by atoms with E-state index in [1.807, 2.05) is 23.1 Å². The topological polar surface area (TPSA) is 103 Å². The minimum Gasteiger partial charge on any atom is -0.368 e. The van der Waals surface area contributed by atoms with Gasteiger partial charge in [0, 0.05) is 76.5 Å². The molecule has 6 rings (SSSR count). The van der Waals surface area contributed by atoms with Crippen molar-refractivity contribution < 1.29 is 14.4 Å². The molecule has 1 aliphatic carbocycles. The maximum atomic E-state index is 13.5. The van der Waals surface area contributed by atoms with Gasteiger partial charge in [0.2, 0.25) is 5.91 Å². The zero-order chi connectivity index (χ0) is 29.9. The minimum atomic E-state index is -0.241. The summed E-state index contributed by atoms with van der Waals surface area (Å²) in [5.41, 5.74) is 5.96. The van der Waals surface area contributed by atoms with E-state index in [0.29, 0.717) is 48.8 Å². The number of aryl methyl sites for hydroxylation is 2. The maximum absolute atomic E-state index is 13.5. The van der Waals surface area contributed by atoms with Crippen LogP contribution in [0.5, 0.6) is 0 Å². The number of anilines is 3. The monoisotopic (exact) mass is 583 g/mol. The summed E-state index contributed by atoms with van der Waals surface area (Å²) in [5, 5.41) is 10.7. The Labute approximate surface area is 253 Å². The summed E-state index contributed by atoms with van der Waals surface area (Å²) in [6, 6.07) is 15.9. The fourth-order valence-corrected chi connectivity index (χ4v) is 6.14. The quantitative estimate of drug-likeness (QED) is 0.351. The molecule has 10 heteroatoms. The number of aromatic nitrogens is 2. The number of carbonyl (C=O) groups is 3. The molecule has 3 fully saturated rings. The van der Waals surface area contributed by atoms with Crippen molar-refractivity contribution in [3.05, 3.63) is 71.0 Å². The maximum Gasteiger partial charge on any atom is 0.273 e. The average molecular weight is 584 g/mol. The van der Waals surface area contributed by atoms with Crippen molar-refractivity contribution in [2.24, 2.45) is 7.05 Å². The van der Waals surface area contributed by atoms with Crippen LogP contribution in [0.4, 0.5) is 17.1 Å². The molecule has 10 nitrogen and oxygen atoms in total. The average Bonchev–Trinajstić information content (AvgIpc) is 3.67. The SMILES string of the molecule is Cc1ccccc1N1CCN(c2ccc(C(=O)NCCCN3CCCC3=O)cc2NC(=O)c2cc(C3CC3)nn2C)CC1. The second kappa shape index (κ2) is 12.5. The summed E-state index contributed by atoms with van der Waals surface area (Å²) < 4.78 is 1.64. The van der Waals surface area contributed by atoms with Crippen LogP contribution >= 0.6 is 0 Å². The van der Waals surface area contributed by atoms with E-state index in [1.165, 1.54) is 11.3 Å². The van der Waals surface area contributed by atoms with E-state index in [1.54, 1.807) is 17.8 Å². The van der Waals surface area contributed by atoms with Gasteiger partial charge in [0.05, 0.1) is 17.1 Å². The minimum absolute atomic E-state index is 0.194. The number of likely N-dealkylation sites (tertiary alicyclic amines) is 1. The number of nitrogens with one attached hydrogen (secondary N) is 2. The van der Waals surface area contributed by atoms with Crippen LogP contribution in [0, 0.1) is 6.92 Å². The van der Waals surface area contributed by atoms with Crippen LogP contribution in [-0.4, -0.2) is 78.2 Å². The third-order valence-electron chi connectivity index (χ3n) is 8.77. The number of piperazine rings is 1. The molecule has 0 atom stereocenters. The number of benzene rings is 2. The Bertz CT molecular complexity index is 1500. The van der Waals surface area contributed by atoms with Crippen molar-refractivity contribution in [3.8, 4) is 0 Å². The molecular weight excluding hydrogens is 542 g/mol. The highest BCUT2D eigenvalue weighted by Crippen LogP contribution is 2.39. The summed E-state index contributed by atoms with van der Waals surface area (Å²) in [7, 11) is 1.80. The predicted molar refractivity (Wildman–Crippen MR) is 168 cm³/mol. The Morgan fingerprint density at radius 2 is 1.67 bits per heavy atom. The third kappa shape index (κ3) is 6.53. The van der Waals surface area contributed by atoms with E-state index in [0.717, 1.165) is 63.4 Å². The summed E-state index contributed by atoms with van der Waals surface area (Å²) in [5.74, 6) is 0.202. The Kier molecular flexibility index (Phi) is 8.35. The highest BCUT2D eigenvalue weighted by atomic mass is 16.2. The first kappa shape index (κ1) is 28.8. The second-order valence-electron chi connectivity index (χ2n) is 11.9. The van der Waals surface area contributed by atoms with Gasteiger partial charge in [-0.1, -0.05) is 18.2 Å². The molecule has 3 aliphatic rings. The van der Waals surface area contributed by atoms with Gasteiger partial charge in [0.1, 0.15) is 5.69 Å². The van der Waals surface area contributed by atoms with Gasteiger partial charge in [-0.2, -0.15) is 5.10 Å². The van der Waals surface area contributed by atoms with E-state index in [9.17, 15) is 14.4 Å². The van der Waals surface area contributed by atoms with Gasteiger partial charge in [0.15, 0.2) is 0 Å². The first-order chi connectivity index (χ1) is 20.9. The van der Waals surface area contributed by atoms with Crippen LogP contribution in [0.1, 0.15) is 70.1 Å². The number of hydrogen-bond donors (Lipinski definition) is 2. The number of rotatable bonds is 10. The summed E-state index contributed by atoms with van der Waals surface area (Å²) in [4.78, 5) is 45.1. The van der Waals surface area contributed by atoms with Crippen molar-refractivity contribution in [1.29, 1.82) is 0 Å². The van der Waals surface area contributed by atoms with Crippen LogP contribution in [0.25, 0.3) is 0 Å². The van der Waals surface area contributed by atoms with E-state index in [2.05, 4.69) is 56.7 Å². The highest BCUT2D eigenvalue weighted by Gasteiger charge is 2.29. The predicted octanol–water partition coefficient (Wildman–Crippen LogP) is 3.93.